The zero-order valence-electron chi connectivity index (χ0n) is 17.5. The average Bonchev–Trinajstić information content (AvgIpc) is 3.42. The van der Waals surface area contributed by atoms with E-state index in [4.69, 9.17) is 14.2 Å². The van der Waals surface area contributed by atoms with Crippen molar-refractivity contribution < 1.29 is 32.9 Å². The van der Waals surface area contributed by atoms with Crippen LogP contribution in [0.3, 0.4) is 0 Å². The van der Waals surface area contributed by atoms with Gasteiger partial charge < -0.3 is 19.3 Å². The Hall–Kier alpha value is -3.23. The predicted molar refractivity (Wildman–Crippen MR) is 113 cm³/mol. The van der Waals surface area contributed by atoms with Crippen molar-refractivity contribution in [1.82, 2.24) is 4.90 Å². The smallest absolute Gasteiger partial charge is 0.331 e. The zero-order chi connectivity index (χ0) is 22.7. The predicted octanol–water partition coefficient (Wildman–Crippen LogP) is 3.29. The molecule has 2 aromatic carbocycles. The fourth-order valence-electron chi connectivity index (χ4n) is 5.43. The third kappa shape index (κ3) is 3.41. The second-order valence-electron chi connectivity index (χ2n) is 8.74. The number of hydrogen-bond donors (Lipinski definition) is 1. The highest BCUT2D eigenvalue weighted by Crippen LogP contribution is 2.50. The monoisotopic (exact) mass is 453 g/mol. The molecule has 0 spiro atoms. The normalized spacial score (nSPS) is 27.3. The van der Waals surface area contributed by atoms with Crippen LogP contribution in [0.1, 0.15) is 29.0 Å². The van der Waals surface area contributed by atoms with Crippen molar-refractivity contribution in [3.05, 3.63) is 76.4 Å². The van der Waals surface area contributed by atoms with Gasteiger partial charge in [-0.05, 0) is 53.5 Å². The summed E-state index contributed by atoms with van der Waals surface area (Å²) in [6, 6.07) is 7.30. The summed E-state index contributed by atoms with van der Waals surface area (Å²) in [6.07, 6.45) is 3.41. The molecule has 6 nitrogen and oxygen atoms in total. The highest BCUT2D eigenvalue weighted by Gasteiger charge is 2.50. The molecule has 0 amide bonds. The molecule has 1 N–H and O–H groups in total. The maximum atomic E-state index is 13.4. The second-order valence-corrected chi connectivity index (χ2v) is 8.74. The molecule has 0 aromatic heterocycles. The Bertz CT molecular complexity index is 1210. The summed E-state index contributed by atoms with van der Waals surface area (Å²) in [5, 5.41) is 10.9. The maximum absolute atomic E-state index is 13.4. The van der Waals surface area contributed by atoms with E-state index >= 15 is 0 Å². The van der Waals surface area contributed by atoms with Gasteiger partial charge >= 0.3 is 5.97 Å². The third-order valence-corrected chi connectivity index (χ3v) is 6.85. The van der Waals surface area contributed by atoms with Crippen LogP contribution in [0.2, 0.25) is 0 Å². The fourth-order valence-corrected chi connectivity index (χ4v) is 5.43. The summed E-state index contributed by atoms with van der Waals surface area (Å²) in [5.41, 5.74) is 3.53. The van der Waals surface area contributed by atoms with E-state index in [2.05, 4.69) is 4.90 Å². The van der Waals surface area contributed by atoms with Gasteiger partial charge in [0.1, 0.15) is 12.2 Å². The van der Waals surface area contributed by atoms with Crippen molar-refractivity contribution in [2.24, 2.45) is 0 Å². The van der Waals surface area contributed by atoms with E-state index in [1.807, 2.05) is 12.1 Å². The number of fused-ring (bicyclic) bond motifs is 3. The molecular weight excluding hydrogens is 432 g/mol. The summed E-state index contributed by atoms with van der Waals surface area (Å²) in [5.74, 6) is -1.54. The molecular formula is C25H21F2NO5. The summed E-state index contributed by atoms with van der Waals surface area (Å²) in [6.45, 7) is 1.78. The molecule has 3 heterocycles. The summed E-state index contributed by atoms with van der Waals surface area (Å²) >= 11 is 0. The standard InChI is InChI=1S/C25H21F2NO5/c26-17-3-1-13(7-18(17)27)2-4-22(30)33-25-19(29)8-14-5-6-28-11-15-9-20-21(32-12-31-20)10-16(15)23(25)24(14)28/h1-4,7-10,19,23-25,29H,5-6,11-12H2/b4-2+/t19-,23?,24?,25+/m0/s1. The number of ether oxygens (including phenoxy) is 3. The van der Waals surface area contributed by atoms with Crippen LogP contribution in [0.25, 0.3) is 6.08 Å². The van der Waals surface area contributed by atoms with Gasteiger partial charge in [-0.3, -0.25) is 4.90 Å². The number of nitrogens with zero attached hydrogens (tertiary/aromatic N) is 1. The van der Waals surface area contributed by atoms with Crippen LogP contribution >= 0.6 is 0 Å². The molecule has 2 aromatic rings. The fraction of sp³-hybridized carbons (Fsp3) is 0.320. The molecule has 1 aliphatic carbocycles. The topological polar surface area (TPSA) is 68.2 Å². The number of esters is 1. The largest absolute Gasteiger partial charge is 0.455 e. The van der Waals surface area contributed by atoms with Crippen molar-refractivity contribution in [3.8, 4) is 11.5 Å². The number of rotatable bonds is 3. The lowest BCUT2D eigenvalue weighted by Gasteiger charge is -2.45. The quantitative estimate of drug-likeness (QED) is 0.437. The maximum Gasteiger partial charge on any atom is 0.331 e. The molecule has 33 heavy (non-hydrogen) atoms. The van der Waals surface area contributed by atoms with E-state index in [1.54, 1.807) is 6.08 Å². The SMILES string of the molecule is O=C(/C=C/c1ccc(F)c(F)c1)O[C@H]1C2c3cc4c(cc3CN3CCC(=C[C@@H]1O)C23)OCO4. The number of benzene rings is 2. The number of aliphatic hydroxyl groups is 1. The van der Waals surface area contributed by atoms with Crippen LogP contribution in [0, 0.1) is 11.6 Å². The first-order valence-corrected chi connectivity index (χ1v) is 10.9. The molecule has 1 fully saturated rings. The van der Waals surface area contributed by atoms with E-state index in [0.717, 1.165) is 54.4 Å². The van der Waals surface area contributed by atoms with Gasteiger partial charge in [0.25, 0.3) is 0 Å². The Balaban J connectivity index is 1.31. The second kappa shape index (κ2) is 7.67. The van der Waals surface area contributed by atoms with Gasteiger partial charge in [-0.15, -0.1) is 0 Å². The van der Waals surface area contributed by atoms with Gasteiger partial charge in [0.05, 0.1) is 0 Å². The molecule has 1 saturated heterocycles. The van der Waals surface area contributed by atoms with Crippen molar-refractivity contribution in [3.63, 3.8) is 0 Å². The molecule has 8 heteroatoms. The highest BCUT2D eigenvalue weighted by atomic mass is 19.2. The molecule has 3 aliphatic heterocycles. The van der Waals surface area contributed by atoms with Gasteiger partial charge in [0.2, 0.25) is 6.79 Å². The first-order chi connectivity index (χ1) is 16.0. The average molecular weight is 453 g/mol. The molecule has 0 saturated carbocycles. The number of carbonyl (C=O) groups excluding carboxylic acids is 1. The minimum Gasteiger partial charge on any atom is -0.455 e. The van der Waals surface area contributed by atoms with Crippen LogP contribution in [-0.4, -0.2) is 47.6 Å². The first kappa shape index (κ1) is 20.4. The molecule has 4 atom stereocenters. The Labute approximate surface area is 188 Å². The van der Waals surface area contributed by atoms with Crippen molar-refractivity contribution in [2.45, 2.75) is 37.1 Å². The van der Waals surface area contributed by atoms with Gasteiger partial charge in [0.15, 0.2) is 23.1 Å². The summed E-state index contributed by atoms with van der Waals surface area (Å²) < 4.78 is 43.4. The zero-order valence-corrected chi connectivity index (χ0v) is 17.5. The molecule has 4 aliphatic rings. The molecule has 2 unspecified atom stereocenters. The number of halogens is 2. The van der Waals surface area contributed by atoms with Crippen LogP contribution in [0.4, 0.5) is 8.78 Å². The van der Waals surface area contributed by atoms with Gasteiger partial charge in [-0.1, -0.05) is 17.7 Å². The van der Waals surface area contributed by atoms with Crippen LogP contribution in [-0.2, 0) is 16.1 Å². The van der Waals surface area contributed by atoms with Gasteiger partial charge in [-0.2, -0.15) is 0 Å². The lowest BCUT2D eigenvalue weighted by Crippen LogP contribution is -2.51. The van der Waals surface area contributed by atoms with E-state index < -0.39 is 29.8 Å². The van der Waals surface area contributed by atoms with E-state index in [1.165, 1.54) is 12.1 Å². The van der Waals surface area contributed by atoms with E-state index in [9.17, 15) is 18.7 Å². The summed E-state index contributed by atoms with van der Waals surface area (Å²) in [4.78, 5) is 15.0. The molecule has 0 bridgehead atoms. The van der Waals surface area contributed by atoms with Crippen LogP contribution < -0.4 is 9.47 Å². The van der Waals surface area contributed by atoms with E-state index in [-0.39, 0.29) is 18.8 Å². The highest BCUT2D eigenvalue weighted by molar-refractivity contribution is 5.87. The molecule has 0 radical (unpaired) electrons. The van der Waals surface area contributed by atoms with Gasteiger partial charge in [-0.25, -0.2) is 13.6 Å². The minimum absolute atomic E-state index is 0.0363. The van der Waals surface area contributed by atoms with E-state index in [0.29, 0.717) is 17.1 Å². The Morgan fingerprint density at radius 1 is 1.15 bits per heavy atom. The Morgan fingerprint density at radius 2 is 1.97 bits per heavy atom. The van der Waals surface area contributed by atoms with Crippen molar-refractivity contribution >= 4 is 12.0 Å². The Morgan fingerprint density at radius 3 is 2.79 bits per heavy atom. The van der Waals surface area contributed by atoms with Gasteiger partial charge in [0, 0.05) is 31.1 Å². The minimum atomic E-state index is -0.996. The van der Waals surface area contributed by atoms with Crippen LogP contribution in [0.15, 0.2) is 48.1 Å². The summed E-state index contributed by atoms with van der Waals surface area (Å²) in [7, 11) is 0. The number of carbonyl (C=O) groups is 1. The number of hydrogen-bond acceptors (Lipinski definition) is 6. The van der Waals surface area contributed by atoms with Crippen molar-refractivity contribution in [1.29, 1.82) is 0 Å². The third-order valence-electron chi connectivity index (χ3n) is 6.85. The lowest BCUT2D eigenvalue weighted by atomic mass is 9.73. The number of aliphatic hydroxyl groups excluding tert-OH is 1. The lowest BCUT2D eigenvalue weighted by molar-refractivity contribution is -0.150. The molecule has 170 valence electrons. The Kier molecular flexibility index (Phi) is 4.74. The molecule has 6 rings (SSSR count). The first-order valence-electron chi connectivity index (χ1n) is 10.9. The van der Waals surface area contributed by atoms with Crippen molar-refractivity contribution in [2.75, 3.05) is 13.3 Å². The van der Waals surface area contributed by atoms with Crippen LogP contribution in [0.5, 0.6) is 11.5 Å².